The van der Waals surface area contributed by atoms with E-state index in [1.807, 2.05) is 6.07 Å². The van der Waals surface area contributed by atoms with Crippen LogP contribution in [0.25, 0.3) is 0 Å². The lowest BCUT2D eigenvalue weighted by Crippen LogP contribution is -2.36. The molecule has 2 rings (SSSR count). The first-order chi connectivity index (χ1) is 14.9. The molecule has 0 heterocycles. The van der Waals surface area contributed by atoms with Crippen molar-refractivity contribution in [2.45, 2.75) is 23.1 Å². The molecule has 31 heavy (non-hydrogen) atoms. The molecular formula is C20H22N4O6S. The van der Waals surface area contributed by atoms with Crippen LogP contribution in [-0.4, -0.2) is 42.8 Å². The van der Waals surface area contributed by atoms with Crippen LogP contribution in [0, 0.1) is 0 Å². The number of benzene rings is 2. The van der Waals surface area contributed by atoms with E-state index in [2.05, 4.69) is 30.4 Å². The number of nitrogens with zero attached hydrogens (tertiary/aromatic N) is 1. The Labute approximate surface area is 182 Å². The minimum absolute atomic E-state index is 0.223. The summed E-state index contributed by atoms with van der Waals surface area (Å²) >= 11 is -1.52. The Kier molecular flexibility index (Phi) is 8.85. The quantitative estimate of drug-likeness (QED) is 0.364. The predicted molar refractivity (Wildman–Crippen MR) is 115 cm³/mol. The number of guanidine groups is 1. The summed E-state index contributed by atoms with van der Waals surface area (Å²) in [6.45, 7) is 1.68. The van der Waals surface area contributed by atoms with Crippen LogP contribution in [0.2, 0.25) is 0 Å². The largest absolute Gasteiger partial charge is 0.606 e. The number of hydrogen-bond donors (Lipinski definition) is 3. The maximum Gasteiger partial charge on any atom is 0.436 e. The topological polar surface area (TPSA) is 141 Å². The monoisotopic (exact) mass is 446 g/mol. The zero-order chi connectivity index (χ0) is 22.8. The van der Waals surface area contributed by atoms with Crippen molar-refractivity contribution in [2.24, 2.45) is 4.99 Å². The molecule has 0 fully saturated rings. The molecule has 0 saturated carbocycles. The molecule has 3 N–H and O–H groups in total. The van der Waals surface area contributed by atoms with Gasteiger partial charge in [-0.25, -0.2) is 9.59 Å². The van der Waals surface area contributed by atoms with Gasteiger partial charge in [-0.15, -0.1) is 4.99 Å². The summed E-state index contributed by atoms with van der Waals surface area (Å²) in [5, 5.41) is 7.68. The number of hydrogen-bond acceptors (Lipinski definition) is 6. The molecule has 0 radical (unpaired) electrons. The second kappa shape index (κ2) is 11.6. The molecule has 0 spiro atoms. The van der Waals surface area contributed by atoms with E-state index in [-0.39, 0.29) is 24.0 Å². The van der Waals surface area contributed by atoms with Crippen LogP contribution in [0.5, 0.6) is 0 Å². The fourth-order valence-corrected chi connectivity index (χ4v) is 3.36. The minimum atomic E-state index is -1.52. The Morgan fingerprint density at radius 1 is 0.968 bits per heavy atom. The third-order valence-electron chi connectivity index (χ3n) is 3.79. The van der Waals surface area contributed by atoms with Crippen molar-refractivity contribution in [1.29, 1.82) is 0 Å². The Hall–Kier alpha value is -3.57. The summed E-state index contributed by atoms with van der Waals surface area (Å²) in [6, 6.07) is 13.5. The van der Waals surface area contributed by atoms with Gasteiger partial charge < -0.3 is 24.7 Å². The zero-order valence-electron chi connectivity index (χ0n) is 17.1. The van der Waals surface area contributed by atoms with Crippen molar-refractivity contribution in [2.75, 3.05) is 24.9 Å². The van der Waals surface area contributed by atoms with E-state index in [1.165, 1.54) is 6.07 Å². The molecule has 1 atom stereocenters. The van der Waals surface area contributed by atoms with E-state index < -0.39 is 23.4 Å². The highest BCUT2D eigenvalue weighted by atomic mass is 32.2. The molecule has 0 bridgehead atoms. The van der Waals surface area contributed by atoms with E-state index in [0.29, 0.717) is 15.5 Å². The Morgan fingerprint density at radius 3 is 2.29 bits per heavy atom. The van der Waals surface area contributed by atoms with Crippen LogP contribution >= 0.6 is 0 Å². The second-order valence-corrected chi connectivity index (χ2v) is 7.34. The molecule has 2 aromatic rings. The maximum absolute atomic E-state index is 12.9. The first-order valence-electron chi connectivity index (χ1n) is 9.07. The number of alkyl carbamates (subject to hydrolysis) is 1. The molecule has 11 heteroatoms. The molecular weight excluding hydrogens is 424 g/mol. The number of ether oxygens (including phenoxy) is 2. The fraction of sp³-hybridized carbons (Fsp3) is 0.200. The van der Waals surface area contributed by atoms with Gasteiger partial charge in [0.25, 0.3) is 0 Å². The lowest BCUT2D eigenvalue weighted by Gasteiger charge is -2.17. The van der Waals surface area contributed by atoms with Crippen LogP contribution in [0.3, 0.4) is 0 Å². The summed E-state index contributed by atoms with van der Waals surface area (Å²) in [5.74, 6) is -0.583. The molecule has 0 saturated heterocycles. The van der Waals surface area contributed by atoms with Crippen molar-refractivity contribution in [1.82, 2.24) is 5.32 Å². The minimum Gasteiger partial charge on any atom is -0.606 e. The van der Waals surface area contributed by atoms with Crippen LogP contribution in [0.1, 0.15) is 13.3 Å². The van der Waals surface area contributed by atoms with Crippen LogP contribution < -0.4 is 16.0 Å². The van der Waals surface area contributed by atoms with Gasteiger partial charge in [0.15, 0.2) is 9.79 Å². The predicted octanol–water partition coefficient (Wildman–Crippen LogP) is 3.09. The van der Waals surface area contributed by atoms with Gasteiger partial charge in [0.05, 0.1) is 25.6 Å². The van der Waals surface area contributed by atoms with E-state index in [4.69, 9.17) is 0 Å². The number of carbonyl (C=O) groups is 3. The summed E-state index contributed by atoms with van der Waals surface area (Å²) in [5.41, 5.74) is 0.563. The normalized spacial score (nSPS) is 11.8. The first kappa shape index (κ1) is 23.7. The molecule has 164 valence electrons. The summed E-state index contributed by atoms with van der Waals surface area (Å²) in [4.78, 5) is 39.7. The molecule has 10 nitrogen and oxygen atoms in total. The molecule has 0 aromatic heterocycles. The van der Waals surface area contributed by atoms with Crippen LogP contribution in [-0.2, 0) is 25.4 Å². The van der Waals surface area contributed by atoms with Gasteiger partial charge in [0.2, 0.25) is 11.9 Å². The second-order valence-electron chi connectivity index (χ2n) is 5.86. The lowest BCUT2D eigenvalue weighted by atomic mass is 10.2. The average molecular weight is 446 g/mol. The molecule has 1 unspecified atom stereocenters. The van der Waals surface area contributed by atoms with Gasteiger partial charge in [0, 0.05) is 23.7 Å². The van der Waals surface area contributed by atoms with Gasteiger partial charge >= 0.3 is 12.2 Å². The SMILES string of the molecule is CCC(=O)Nc1ccc([S+]([O-])c2ccccc2)cc1NC(=NC(=O)OC)NC(=O)OC. The van der Waals surface area contributed by atoms with Crippen molar-refractivity contribution >= 4 is 46.6 Å². The molecule has 0 aliphatic heterocycles. The van der Waals surface area contributed by atoms with Crippen molar-refractivity contribution in [3.8, 4) is 0 Å². The number of aliphatic imine (C=N–C) groups is 1. The average Bonchev–Trinajstić information content (AvgIpc) is 2.79. The smallest absolute Gasteiger partial charge is 0.436 e. The number of methoxy groups -OCH3 is 2. The highest BCUT2D eigenvalue weighted by molar-refractivity contribution is 7.91. The zero-order valence-corrected chi connectivity index (χ0v) is 17.9. The summed E-state index contributed by atoms with van der Waals surface area (Å²) in [7, 11) is 2.26. The Bertz CT molecular complexity index is 967. The molecule has 3 amide bonds. The number of carbonyl (C=O) groups excluding carboxylic acids is 3. The number of amides is 3. The Morgan fingerprint density at radius 2 is 1.68 bits per heavy atom. The van der Waals surface area contributed by atoms with E-state index in [0.717, 1.165) is 14.2 Å². The van der Waals surface area contributed by atoms with Crippen molar-refractivity contribution in [3.63, 3.8) is 0 Å². The van der Waals surface area contributed by atoms with Gasteiger partial charge in [0.1, 0.15) is 0 Å². The molecule has 0 aliphatic carbocycles. The highest BCUT2D eigenvalue weighted by Crippen LogP contribution is 2.29. The van der Waals surface area contributed by atoms with Crippen LogP contribution in [0.4, 0.5) is 21.0 Å². The van der Waals surface area contributed by atoms with Gasteiger partial charge in [-0.05, 0) is 24.3 Å². The van der Waals surface area contributed by atoms with Gasteiger partial charge in [-0.2, -0.15) is 0 Å². The standard InChI is InChI=1S/C20H22N4O6S/c1-4-17(25)21-15-11-10-14(31(28)13-8-6-5-7-9-13)12-16(15)22-18(23-19(26)29-2)24-20(27)30-3/h5-12H,4H2,1-3H3,(H,21,25)(H2,22,23,24,26,27). The third-order valence-corrected chi connectivity index (χ3v) is 5.18. The first-order valence-corrected chi connectivity index (χ1v) is 10.2. The molecule has 2 aromatic carbocycles. The van der Waals surface area contributed by atoms with E-state index in [1.54, 1.807) is 43.3 Å². The summed E-state index contributed by atoms with van der Waals surface area (Å²) in [6.07, 6.45) is -1.65. The lowest BCUT2D eigenvalue weighted by molar-refractivity contribution is -0.115. The van der Waals surface area contributed by atoms with Crippen molar-refractivity contribution in [3.05, 3.63) is 48.5 Å². The van der Waals surface area contributed by atoms with E-state index in [9.17, 15) is 18.9 Å². The fourth-order valence-electron chi connectivity index (χ4n) is 2.27. The van der Waals surface area contributed by atoms with Gasteiger partial charge in [-0.1, -0.05) is 25.1 Å². The van der Waals surface area contributed by atoms with Crippen LogP contribution in [0.15, 0.2) is 63.3 Å². The third kappa shape index (κ3) is 7.01. The van der Waals surface area contributed by atoms with E-state index >= 15 is 0 Å². The number of nitrogens with one attached hydrogen (secondary N) is 3. The number of anilines is 2. The summed E-state index contributed by atoms with van der Waals surface area (Å²) < 4.78 is 21.9. The Balaban J connectivity index is 2.46. The van der Waals surface area contributed by atoms with Crippen molar-refractivity contribution < 1.29 is 28.4 Å². The highest BCUT2D eigenvalue weighted by Gasteiger charge is 2.19. The number of rotatable bonds is 5. The maximum atomic E-state index is 12.9. The van der Waals surface area contributed by atoms with Gasteiger partial charge in [-0.3, -0.25) is 10.1 Å². The molecule has 0 aliphatic rings.